The molecule has 0 bridgehead atoms. The Balaban J connectivity index is 1.88. The highest BCUT2D eigenvalue weighted by Gasteiger charge is 2.11. The van der Waals surface area contributed by atoms with Crippen molar-refractivity contribution in [1.82, 2.24) is 10.2 Å². The molecule has 1 aromatic carbocycles. The molecule has 100 valence electrons. The summed E-state index contributed by atoms with van der Waals surface area (Å²) in [6, 6.07) is 9.20. The monoisotopic (exact) mass is 268 g/mol. The molecule has 6 nitrogen and oxygen atoms in total. The van der Waals surface area contributed by atoms with Crippen molar-refractivity contribution in [1.29, 1.82) is 5.26 Å². The first kappa shape index (κ1) is 12.2. The van der Waals surface area contributed by atoms with Gasteiger partial charge in [0.25, 0.3) is 0 Å². The number of ether oxygens (including phenoxy) is 2. The topological polar surface area (TPSA) is 80.1 Å². The highest BCUT2D eigenvalue weighted by atomic mass is 16.5. The number of aromatic nitrogens is 2. The zero-order valence-electron chi connectivity index (χ0n) is 10.7. The smallest absolute Gasteiger partial charge is 0.171 e. The molecule has 0 unspecified atom stereocenters. The number of hydrogen-bond acceptors (Lipinski definition) is 6. The third-order valence-corrected chi connectivity index (χ3v) is 2.85. The fraction of sp³-hybridized carbons (Fsp3) is 0.214. The minimum Gasteiger partial charge on any atom is -0.490 e. The first-order valence-electron chi connectivity index (χ1n) is 6.25. The second-order valence-corrected chi connectivity index (χ2v) is 4.24. The van der Waals surface area contributed by atoms with Crippen LogP contribution < -0.4 is 14.8 Å². The molecule has 20 heavy (non-hydrogen) atoms. The first-order chi connectivity index (χ1) is 9.86. The van der Waals surface area contributed by atoms with Crippen LogP contribution in [0.2, 0.25) is 0 Å². The summed E-state index contributed by atoms with van der Waals surface area (Å²) in [5, 5.41) is 19.8. The summed E-state index contributed by atoms with van der Waals surface area (Å²) in [6.45, 7) is 1.29. The Kier molecular flexibility index (Phi) is 3.33. The number of hydrogen-bond donors (Lipinski definition) is 1. The minimum atomic E-state index is 0.421. The second-order valence-electron chi connectivity index (χ2n) is 4.24. The lowest BCUT2D eigenvalue weighted by Gasteiger charge is -2.10. The molecule has 0 radical (unpaired) electrons. The van der Waals surface area contributed by atoms with E-state index >= 15 is 0 Å². The fourth-order valence-electron chi connectivity index (χ4n) is 1.89. The Morgan fingerprint density at radius 3 is 2.85 bits per heavy atom. The van der Waals surface area contributed by atoms with E-state index in [-0.39, 0.29) is 0 Å². The number of nitriles is 1. The van der Waals surface area contributed by atoms with Gasteiger partial charge in [0.1, 0.15) is 6.07 Å². The van der Waals surface area contributed by atoms with Gasteiger partial charge in [0.05, 0.1) is 25.0 Å². The molecule has 0 atom stereocenters. The van der Waals surface area contributed by atoms with Gasteiger partial charge >= 0.3 is 0 Å². The van der Waals surface area contributed by atoms with Gasteiger partial charge in [0, 0.05) is 18.2 Å². The Morgan fingerprint density at radius 1 is 1.15 bits per heavy atom. The molecule has 3 rings (SSSR count). The van der Waals surface area contributed by atoms with E-state index < -0.39 is 0 Å². The predicted molar refractivity (Wildman–Crippen MR) is 72.1 cm³/mol. The maximum atomic E-state index is 9.02. The van der Waals surface area contributed by atoms with E-state index in [1.807, 2.05) is 18.2 Å². The first-order valence-corrected chi connectivity index (χ1v) is 6.25. The SMILES string of the molecule is N#Cc1ccnnc1Nc1ccc2c(c1)OCCCO2. The van der Waals surface area contributed by atoms with Crippen LogP contribution in [0.3, 0.4) is 0 Å². The molecule has 1 aliphatic heterocycles. The van der Waals surface area contributed by atoms with Gasteiger partial charge in [-0.15, -0.1) is 5.10 Å². The molecule has 2 heterocycles. The van der Waals surface area contributed by atoms with Gasteiger partial charge in [-0.3, -0.25) is 0 Å². The van der Waals surface area contributed by atoms with Crippen molar-refractivity contribution in [2.24, 2.45) is 0 Å². The van der Waals surface area contributed by atoms with Crippen LogP contribution in [0, 0.1) is 11.3 Å². The summed E-state index contributed by atoms with van der Waals surface area (Å²) in [4.78, 5) is 0. The van der Waals surface area contributed by atoms with Crippen molar-refractivity contribution in [2.75, 3.05) is 18.5 Å². The average molecular weight is 268 g/mol. The summed E-state index contributed by atoms with van der Waals surface area (Å²) in [5.74, 6) is 1.84. The van der Waals surface area contributed by atoms with Crippen molar-refractivity contribution >= 4 is 11.5 Å². The van der Waals surface area contributed by atoms with Crippen LogP contribution in [-0.4, -0.2) is 23.4 Å². The van der Waals surface area contributed by atoms with E-state index in [1.54, 1.807) is 6.07 Å². The maximum absolute atomic E-state index is 9.02. The molecule has 0 saturated heterocycles. The fourth-order valence-corrected chi connectivity index (χ4v) is 1.89. The molecular weight excluding hydrogens is 256 g/mol. The molecule has 0 fully saturated rings. The van der Waals surface area contributed by atoms with Crippen molar-refractivity contribution in [3.05, 3.63) is 36.0 Å². The van der Waals surface area contributed by atoms with Crippen molar-refractivity contribution < 1.29 is 9.47 Å². The lowest BCUT2D eigenvalue weighted by atomic mass is 10.2. The standard InChI is InChI=1S/C14H12N4O2/c15-9-10-4-5-16-18-14(10)17-11-2-3-12-13(8-11)20-7-1-6-19-12/h2-5,8H,1,6-7H2,(H,17,18). The van der Waals surface area contributed by atoms with Gasteiger partial charge in [-0.1, -0.05) is 0 Å². The van der Waals surface area contributed by atoms with Crippen molar-refractivity contribution in [3.8, 4) is 17.6 Å². The van der Waals surface area contributed by atoms with Gasteiger partial charge in [-0.05, 0) is 18.2 Å². The van der Waals surface area contributed by atoms with Gasteiger partial charge in [0.2, 0.25) is 0 Å². The normalized spacial score (nSPS) is 13.2. The quantitative estimate of drug-likeness (QED) is 0.899. The Bertz CT molecular complexity index is 666. The van der Waals surface area contributed by atoms with Crippen LogP contribution in [0.4, 0.5) is 11.5 Å². The Labute approximate surface area is 116 Å². The van der Waals surface area contributed by atoms with Crippen molar-refractivity contribution in [3.63, 3.8) is 0 Å². The summed E-state index contributed by atoms with van der Waals surface area (Å²) in [6.07, 6.45) is 2.35. The van der Waals surface area contributed by atoms with E-state index in [4.69, 9.17) is 14.7 Å². The van der Waals surface area contributed by atoms with E-state index in [1.165, 1.54) is 6.20 Å². The Morgan fingerprint density at radius 2 is 2.00 bits per heavy atom. The average Bonchev–Trinajstić information content (AvgIpc) is 2.72. The number of rotatable bonds is 2. The second kappa shape index (κ2) is 5.45. The van der Waals surface area contributed by atoms with Gasteiger partial charge in [-0.25, -0.2) is 0 Å². The van der Waals surface area contributed by atoms with Gasteiger partial charge < -0.3 is 14.8 Å². The number of nitrogens with zero attached hydrogens (tertiary/aromatic N) is 3. The van der Waals surface area contributed by atoms with Crippen LogP contribution in [0.5, 0.6) is 11.5 Å². The molecular formula is C14H12N4O2. The number of anilines is 2. The van der Waals surface area contributed by atoms with Crippen LogP contribution in [0.25, 0.3) is 0 Å². The zero-order chi connectivity index (χ0) is 13.8. The molecule has 1 N–H and O–H groups in total. The van der Waals surface area contributed by atoms with Crippen LogP contribution >= 0.6 is 0 Å². The lowest BCUT2D eigenvalue weighted by Crippen LogP contribution is -1.99. The van der Waals surface area contributed by atoms with E-state index in [0.717, 1.165) is 17.9 Å². The summed E-state index contributed by atoms with van der Waals surface area (Å²) in [5.41, 5.74) is 1.21. The Hall–Kier alpha value is -2.81. The predicted octanol–water partition coefficient (Wildman–Crippen LogP) is 2.25. The van der Waals surface area contributed by atoms with E-state index in [0.29, 0.717) is 30.3 Å². The zero-order valence-corrected chi connectivity index (χ0v) is 10.7. The van der Waals surface area contributed by atoms with E-state index in [9.17, 15) is 0 Å². The third kappa shape index (κ3) is 2.47. The maximum Gasteiger partial charge on any atom is 0.171 e. The van der Waals surface area contributed by atoms with Crippen LogP contribution in [0.1, 0.15) is 12.0 Å². The molecule has 2 aromatic rings. The molecule has 0 saturated carbocycles. The number of fused-ring (bicyclic) bond motifs is 1. The molecule has 1 aromatic heterocycles. The van der Waals surface area contributed by atoms with E-state index in [2.05, 4.69) is 21.6 Å². The molecule has 6 heteroatoms. The number of nitrogens with one attached hydrogen (secondary N) is 1. The van der Waals surface area contributed by atoms with Gasteiger partial charge in [-0.2, -0.15) is 10.4 Å². The van der Waals surface area contributed by atoms with Crippen molar-refractivity contribution in [2.45, 2.75) is 6.42 Å². The highest BCUT2D eigenvalue weighted by Crippen LogP contribution is 2.33. The minimum absolute atomic E-state index is 0.421. The molecule has 0 amide bonds. The summed E-state index contributed by atoms with van der Waals surface area (Å²) < 4.78 is 11.2. The largest absolute Gasteiger partial charge is 0.490 e. The van der Waals surface area contributed by atoms with Crippen LogP contribution in [0.15, 0.2) is 30.5 Å². The van der Waals surface area contributed by atoms with Crippen LogP contribution in [-0.2, 0) is 0 Å². The highest BCUT2D eigenvalue weighted by molar-refractivity contribution is 5.65. The molecule has 1 aliphatic rings. The lowest BCUT2D eigenvalue weighted by molar-refractivity contribution is 0.297. The van der Waals surface area contributed by atoms with Gasteiger partial charge in [0.15, 0.2) is 17.3 Å². The molecule has 0 spiro atoms. The number of benzene rings is 1. The molecule has 0 aliphatic carbocycles. The summed E-state index contributed by atoms with van der Waals surface area (Å²) >= 11 is 0. The summed E-state index contributed by atoms with van der Waals surface area (Å²) in [7, 11) is 0. The third-order valence-electron chi connectivity index (χ3n) is 2.85.